The maximum atomic E-state index is 5.55. The van der Waals surface area contributed by atoms with Gasteiger partial charge < -0.3 is 4.42 Å². The first-order valence-corrected chi connectivity index (χ1v) is 6.59. The maximum absolute atomic E-state index is 5.55. The Kier molecular flexibility index (Phi) is 3.25. The van der Waals surface area contributed by atoms with Crippen molar-refractivity contribution >= 4 is 0 Å². The highest BCUT2D eigenvalue weighted by Gasteiger charge is 2.19. The van der Waals surface area contributed by atoms with E-state index in [1.807, 2.05) is 20.0 Å². The molecule has 3 rings (SSSR count). The van der Waals surface area contributed by atoms with E-state index in [4.69, 9.17) is 4.42 Å². The van der Waals surface area contributed by atoms with Crippen LogP contribution in [0.25, 0.3) is 0 Å². The molecule has 0 unspecified atom stereocenters. The fraction of sp³-hybridized carbons (Fsp3) is 0.538. The van der Waals surface area contributed by atoms with Crippen molar-refractivity contribution in [3.05, 3.63) is 35.1 Å². The minimum absolute atomic E-state index is 0.686. The monoisotopic (exact) mass is 259 g/mol. The Bertz CT molecular complexity index is 580. The summed E-state index contributed by atoms with van der Waals surface area (Å²) >= 11 is 0. The van der Waals surface area contributed by atoms with Crippen LogP contribution >= 0.6 is 0 Å². The van der Waals surface area contributed by atoms with Crippen molar-refractivity contribution in [1.82, 2.24) is 25.1 Å². The van der Waals surface area contributed by atoms with E-state index < -0.39 is 0 Å². The van der Waals surface area contributed by atoms with Crippen LogP contribution in [0.15, 0.2) is 10.6 Å². The molecule has 0 atom stereocenters. The van der Waals surface area contributed by atoms with Gasteiger partial charge in [-0.15, -0.1) is 10.2 Å². The lowest BCUT2D eigenvalue weighted by molar-refractivity contribution is 0.215. The summed E-state index contributed by atoms with van der Waals surface area (Å²) < 4.78 is 5.55. The molecule has 0 spiro atoms. The first kappa shape index (κ1) is 12.2. The summed E-state index contributed by atoms with van der Waals surface area (Å²) in [5.74, 6) is 2.21. The van der Waals surface area contributed by atoms with Crippen LogP contribution < -0.4 is 0 Å². The summed E-state index contributed by atoms with van der Waals surface area (Å²) in [6.45, 7) is 6.42. The predicted molar refractivity (Wildman–Crippen MR) is 68.3 cm³/mol. The Morgan fingerprint density at radius 2 is 2.16 bits per heavy atom. The molecule has 0 aromatic carbocycles. The second-order valence-corrected chi connectivity index (χ2v) is 4.79. The van der Waals surface area contributed by atoms with Crippen LogP contribution in [0, 0.1) is 6.92 Å². The third kappa shape index (κ3) is 2.63. The van der Waals surface area contributed by atoms with Crippen molar-refractivity contribution < 1.29 is 4.42 Å². The minimum atomic E-state index is 0.686. The average molecular weight is 259 g/mol. The molecule has 0 saturated carbocycles. The fourth-order valence-corrected chi connectivity index (χ4v) is 2.28. The molecule has 0 fully saturated rings. The SMILES string of the molecule is CCc1nnc(CN2CCc3cnc(C)nc3C2)o1. The fourth-order valence-electron chi connectivity index (χ4n) is 2.28. The number of aryl methyl sites for hydroxylation is 2. The Morgan fingerprint density at radius 3 is 2.95 bits per heavy atom. The summed E-state index contributed by atoms with van der Waals surface area (Å²) in [6.07, 6.45) is 3.70. The largest absolute Gasteiger partial charge is 0.424 e. The summed E-state index contributed by atoms with van der Waals surface area (Å²) in [5, 5.41) is 8.05. The van der Waals surface area contributed by atoms with Gasteiger partial charge in [-0.3, -0.25) is 4.90 Å². The number of fused-ring (bicyclic) bond motifs is 1. The standard InChI is InChI=1S/C13H17N5O/c1-3-12-16-17-13(19-12)8-18-5-4-10-6-14-9(2)15-11(10)7-18/h6H,3-5,7-8H2,1-2H3. The van der Waals surface area contributed by atoms with Crippen LogP contribution in [0.2, 0.25) is 0 Å². The van der Waals surface area contributed by atoms with Crippen LogP contribution in [0.1, 0.15) is 35.8 Å². The average Bonchev–Trinajstić information content (AvgIpc) is 2.86. The number of aromatic nitrogens is 4. The van der Waals surface area contributed by atoms with Crippen LogP contribution in [0.4, 0.5) is 0 Å². The third-order valence-electron chi connectivity index (χ3n) is 3.32. The molecule has 0 aliphatic carbocycles. The molecular weight excluding hydrogens is 242 g/mol. The summed E-state index contributed by atoms with van der Waals surface area (Å²) in [6, 6.07) is 0. The molecule has 6 nitrogen and oxygen atoms in total. The van der Waals surface area contributed by atoms with Crippen molar-refractivity contribution in [3.63, 3.8) is 0 Å². The number of nitrogens with zero attached hydrogens (tertiary/aromatic N) is 5. The maximum Gasteiger partial charge on any atom is 0.230 e. The lowest BCUT2D eigenvalue weighted by Gasteiger charge is -2.26. The van der Waals surface area contributed by atoms with E-state index >= 15 is 0 Å². The second kappa shape index (κ2) is 5.05. The van der Waals surface area contributed by atoms with E-state index in [0.717, 1.165) is 37.4 Å². The van der Waals surface area contributed by atoms with E-state index in [2.05, 4.69) is 25.1 Å². The van der Waals surface area contributed by atoms with Gasteiger partial charge in [-0.1, -0.05) is 6.92 Å². The van der Waals surface area contributed by atoms with Crippen LogP contribution in [0.3, 0.4) is 0 Å². The van der Waals surface area contributed by atoms with Gasteiger partial charge in [0.2, 0.25) is 11.8 Å². The van der Waals surface area contributed by atoms with Gasteiger partial charge in [-0.2, -0.15) is 0 Å². The Balaban J connectivity index is 1.71. The van der Waals surface area contributed by atoms with Crippen molar-refractivity contribution in [3.8, 4) is 0 Å². The van der Waals surface area contributed by atoms with E-state index in [1.165, 1.54) is 5.56 Å². The molecular formula is C13H17N5O. The van der Waals surface area contributed by atoms with Gasteiger partial charge in [0.05, 0.1) is 12.2 Å². The van der Waals surface area contributed by atoms with Crippen molar-refractivity contribution in [2.75, 3.05) is 6.54 Å². The number of rotatable bonds is 3. The normalized spacial score (nSPS) is 15.5. The molecule has 1 aliphatic rings. The Hall–Kier alpha value is -1.82. The van der Waals surface area contributed by atoms with Crippen LogP contribution in [-0.4, -0.2) is 31.6 Å². The molecule has 0 amide bonds. The van der Waals surface area contributed by atoms with E-state index in [9.17, 15) is 0 Å². The molecule has 0 bridgehead atoms. The summed E-state index contributed by atoms with van der Waals surface area (Å²) in [7, 11) is 0. The zero-order chi connectivity index (χ0) is 13.2. The van der Waals surface area contributed by atoms with Crippen molar-refractivity contribution in [2.24, 2.45) is 0 Å². The van der Waals surface area contributed by atoms with Crippen molar-refractivity contribution in [1.29, 1.82) is 0 Å². The van der Waals surface area contributed by atoms with E-state index in [-0.39, 0.29) is 0 Å². The third-order valence-corrected chi connectivity index (χ3v) is 3.32. The lowest BCUT2D eigenvalue weighted by Crippen LogP contribution is -2.31. The number of hydrogen-bond acceptors (Lipinski definition) is 6. The highest BCUT2D eigenvalue weighted by molar-refractivity contribution is 5.20. The van der Waals surface area contributed by atoms with E-state index in [0.29, 0.717) is 18.3 Å². The molecule has 6 heteroatoms. The zero-order valence-electron chi connectivity index (χ0n) is 11.3. The topological polar surface area (TPSA) is 67.9 Å². The van der Waals surface area contributed by atoms with Crippen LogP contribution in [0.5, 0.6) is 0 Å². The van der Waals surface area contributed by atoms with Gasteiger partial charge in [-0.25, -0.2) is 9.97 Å². The molecule has 3 heterocycles. The minimum Gasteiger partial charge on any atom is -0.424 e. The molecule has 0 radical (unpaired) electrons. The van der Waals surface area contributed by atoms with Gasteiger partial charge >= 0.3 is 0 Å². The second-order valence-electron chi connectivity index (χ2n) is 4.79. The van der Waals surface area contributed by atoms with Gasteiger partial charge in [-0.05, 0) is 18.9 Å². The molecule has 100 valence electrons. The summed E-state index contributed by atoms with van der Waals surface area (Å²) in [4.78, 5) is 11.0. The van der Waals surface area contributed by atoms with Crippen molar-refractivity contribution in [2.45, 2.75) is 39.8 Å². The first-order valence-electron chi connectivity index (χ1n) is 6.59. The lowest BCUT2D eigenvalue weighted by atomic mass is 10.1. The van der Waals surface area contributed by atoms with Gasteiger partial charge in [0.25, 0.3) is 0 Å². The van der Waals surface area contributed by atoms with Crippen LogP contribution in [-0.2, 0) is 25.9 Å². The molecule has 2 aromatic heterocycles. The smallest absolute Gasteiger partial charge is 0.230 e. The van der Waals surface area contributed by atoms with Gasteiger partial charge in [0.1, 0.15) is 5.82 Å². The number of hydrogen-bond donors (Lipinski definition) is 0. The first-order chi connectivity index (χ1) is 9.24. The highest BCUT2D eigenvalue weighted by Crippen LogP contribution is 2.18. The molecule has 0 saturated heterocycles. The van der Waals surface area contributed by atoms with Gasteiger partial charge in [0.15, 0.2) is 0 Å². The predicted octanol–water partition coefficient (Wildman–Crippen LogP) is 1.29. The molecule has 2 aromatic rings. The highest BCUT2D eigenvalue weighted by atomic mass is 16.4. The Morgan fingerprint density at radius 1 is 1.32 bits per heavy atom. The quantitative estimate of drug-likeness (QED) is 0.827. The molecule has 0 N–H and O–H groups in total. The van der Waals surface area contributed by atoms with Gasteiger partial charge in [0, 0.05) is 25.7 Å². The van der Waals surface area contributed by atoms with E-state index in [1.54, 1.807) is 0 Å². The summed E-state index contributed by atoms with van der Waals surface area (Å²) in [5.41, 5.74) is 2.37. The zero-order valence-corrected chi connectivity index (χ0v) is 11.3. The Labute approximate surface area is 111 Å². The molecule has 19 heavy (non-hydrogen) atoms. The molecule has 1 aliphatic heterocycles.